The smallest absolute Gasteiger partial charge is 0.238 e. The van der Waals surface area contributed by atoms with Crippen molar-refractivity contribution in [2.24, 2.45) is 0 Å². The number of nitrogens with zero attached hydrogens (tertiary/aromatic N) is 2. The molecule has 0 aliphatic rings. The molecular formula is C13H14BrN3O2. The molecule has 6 heteroatoms. The molecule has 0 saturated heterocycles. The van der Waals surface area contributed by atoms with E-state index in [2.05, 4.69) is 31.2 Å². The van der Waals surface area contributed by atoms with Gasteiger partial charge in [-0.25, -0.2) is 4.98 Å². The highest BCUT2D eigenvalue weighted by Gasteiger charge is 2.07. The maximum Gasteiger partial charge on any atom is 0.238 e. The van der Waals surface area contributed by atoms with E-state index in [9.17, 15) is 0 Å². The number of halogens is 1. The van der Waals surface area contributed by atoms with Crippen LogP contribution in [-0.2, 0) is 0 Å². The first-order valence-electron chi connectivity index (χ1n) is 5.84. The van der Waals surface area contributed by atoms with Gasteiger partial charge in [0.1, 0.15) is 11.5 Å². The van der Waals surface area contributed by atoms with Crippen LogP contribution in [0.5, 0.6) is 17.4 Å². The molecule has 1 heterocycles. The summed E-state index contributed by atoms with van der Waals surface area (Å²) in [5.41, 5.74) is 0. The Balaban J connectivity index is 2.22. The summed E-state index contributed by atoms with van der Waals surface area (Å²) < 4.78 is 11.8. The van der Waals surface area contributed by atoms with Crippen LogP contribution in [0.2, 0.25) is 0 Å². The second kappa shape index (κ2) is 6.38. The number of aromatic nitrogens is 2. The van der Waals surface area contributed by atoms with Crippen LogP contribution in [0.15, 0.2) is 34.9 Å². The number of hydrogen-bond donors (Lipinski definition) is 1. The van der Waals surface area contributed by atoms with Crippen molar-refractivity contribution in [3.63, 3.8) is 0 Å². The molecule has 100 valence electrons. The maximum atomic E-state index is 5.72. The van der Waals surface area contributed by atoms with Gasteiger partial charge >= 0.3 is 0 Å². The van der Waals surface area contributed by atoms with Gasteiger partial charge in [0.25, 0.3) is 0 Å². The normalized spacial score (nSPS) is 10.1. The molecule has 0 fully saturated rings. The Hall–Kier alpha value is -1.82. The fourth-order valence-electron chi connectivity index (χ4n) is 1.45. The van der Waals surface area contributed by atoms with E-state index >= 15 is 0 Å². The summed E-state index contributed by atoms with van der Waals surface area (Å²) >= 11 is 3.36. The average molecular weight is 324 g/mol. The standard InChI is InChI=1S/C13H14BrN3O2/c1-3-18-9-5-4-6-10(7-9)19-12-11(14)8-16-13(15-2)17-12/h4-8H,3H2,1-2H3,(H,15,16,17). The minimum atomic E-state index is 0.452. The second-order valence-corrected chi connectivity index (χ2v) is 4.46. The van der Waals surface area contributed by atoms with E-state index in [1.807, 2.05) is 31.2 Å². The van der Waals surface area contributed by atoms with Crippen LogP contribution in [0.3, 0.4) is 0 Å². The van der Waals surface area contributed by atoms with Gasteiger partial charge in [-0.2, -0.15) is 4.98 Å². The molecule has 1 aromatic carbocycles. The minimum absolute atomic E-state index is 0.452. The van der Waals surface area contributed by atoms with Crippen molar-refractivity contribution in [1.82, 2.24) is 9.97 Å². The highest BCUT2D eigenvalue weighted by atomic mass is 79.9. The Kier molecular flexibility index (Phi) is 4.57. The van der Waals surface area contributed by atoms with Crippen LogP contribution < -0.4 is 14.8 Å². The molecule has 1 aromatic heterocycles. The first-order valence-corrected chi connectivity index (χ1v) is 6.63. The summed E-state index contributed by atoms with van der Waals surface area (Å²) in [5.74, 6) is 2.37. The van der Waals surface area contributed by atoms with E-state index in [-0.39, 0.29) is 0 Å². The predicted molar refractivity (Wildman–Crippen MR) is 77.0 cm³/mol. The Labute approximate surface area is 120 Å². The Morgan fingerprint density at radius 2 is 2.11 bits per heavy atom. The van der Waals surface area contributed by atoms with Crippen LogP contribution in [0.25, 0.3) is 0 Å². The van der Waals surface area contributed by atoms with Gasteiger partial charge in [-0.15, -0.1) is 0 Å². The second-order valence-electron chi connectivity index (χ2n) is 3.61. The summed E-state index contributed by atoms with van der Waals surface area (Å²) in [6, 6.07) is 7.41. The van der Waals surface area contributed by atoms with E-state index in [0.29, 0.717) is 28.7 Å². The predicted octanol–water partition coefficient (Wildman–Crippen LogP) is 3.47. The molecule has 1 N–H and O–H groups in total. The highest BCUT2D eigenvalue weighted by molar-refractivity contribution is 9.10. The van der Waals surface area contributed by atoms with E-state index in [4.69, 9.17) is 9.47 Å². The van der Waals surface area contributed by atoms with Crippen LogP contribution in [0.1, 0.15) is 6.92 Å². The van der Waals surface area contributed by atoms with Crippen LogP contribution in [0, 0.1) is 0 Å². The lowest BCUT2D eigenvalue weighted by Crippen LogP contribution is -1.98. The summed E-state index contributed by atoms with van der Waals surface area (Å²) in [6.07, 6.45) is 1.64. The fourth-order valence-corrected chi connectivity index (χ4v) is 1.72. The highest BCUT2D eigenvalue weighted by Crippen LogP contribution is 2.29. The fraction of sp³-hybridized carbons (Fsp3) is 0.231. The molecule has 0 unspecified atom stereocenters. The third-order valence-corrected chi connectivity index (χ3v) is 2.81. The van der Waals surface area contributed by atoms with E-state index < -0.39 is 0 Å². The van der Waals surface area contributed by atoms with Gasteiger partial charge in [0.05, 0.1) is 17.3 Å². The van der Waals surface area contributed by atoms with Crippen LogP contribution >= 0.6 is 15.9 Å². The van der Waals surface area contributed by atoms with Crippen LogP contribution in [0.4, 0.5) is 5.95 Å². The van der Waals surface area contributed by atoms with E-state index in [1.165, 1.54) is 0 Å². The number of rotatable bonds is 5. The molecule has 2 rings (SSSR count). The van der Waals surface area contributed by atoms with E-state index in [0.717, 1.165) is 5.75 Å². The van der Waals surface area contributed by atoms with Crippen molar-refractivity contribution in [2.75, 3.05) is 19.0 Å². The number of anilines is 1. The lowest BCUT2D eigenvalue weighted by atomic mass is 10.3. The van der Waals surface area contributed by atoms with Crippen molar-refractivity contribution in [2.45, 2.75) is 6.92 Å². The largest absolute Gasteiger partial charge is 0.494 e. The molecule has 0 amide bonds. The third kappa shape index (κ3) is 3.57. The molecule has 0 aliphatic carbocycles. The van der Waals surface area contributed by atoms with Crippen molar-refractivity contribution in [3.05, 3.63) is 34.9 Å². The average Bonchev–Trinajstić information content (AvgIpc) is 2.42. The minimum Gasteiger partial charge on any atom is -0.494 e. The van der Waals surface area contributed by atoms with Crippen molar-refractivity contribution in [3.8, 4) is 17.4 Å². The zero-order valence-corrected chi connectivity index (χ0v) is 12.3. The summed E-state index contributed by atoms with van der Waals surface area (Å²) in [5, 5.41) is 2.86. The zero-order valence-electron chi connectivity index (χ0n) is 10.7. The number of hydrogen-bond acceptors (Lipinski definition) is 5. The molecule has 0 spiro atoms. The lowest BCUT2D eigenvalue weighted by molar-refractivity contribution is 0.338. The summed E-state index contributed by atoms with van der Waals surface area (Å²) in [4.78, 5) is 8.30. The topological polar surface area (TPSA) is 56.3 Å². The monoisotopic (exact) mass is 323 g/mol. The SMILES string of the molecule is CCOc1cccc(Oc2nc(NC)ncc2Br)c1. The molecule has 0 aliphatic heterocycles. The van der Waals surface area contributed by atoms with Gasteiger partial charge in [0, 0.05) is 13.1 Å². The molecule has 0 atom stereocenters. The molecule has 2 aromatic rings. The van der Waals surface area contributed by atoms with Gasteiger partial charge < -0.3 is 14.8 Å². The summed E-state index contributed by atoms with van der Waals surface area (Å²) in [7, 11) is 1.75. The van der Waals surface area contributed by atoms with Gasteiger partial charge in [0.2, 0.25) is 11.8 Å². The molecule has 19 heavy (non-hydrogen) atoms. The molecule has 5 nitrogen and oxygen atoms in total. The van der Waals surface area contributed by atoms with Gasteiger partial charge in [0.15, 0.2) is 0 Å². The quantitative estimate of drug-likeness (QED) is 0.913. The van der Waals surface area contributed by atoms with Gasteiger partial charge in [-0.1, -0.05) is 6.07 Å². The molecule has 0 radical (unpaired) electrons. The third-order valence-electron chi connectivity index (χ3n) is 2.27. The zero-order chi connectivity index (χ0) is 13.7. The summed E-state index contributed by atoms with van der Waals surface area (Å²) in [6.45, 7) is 2.55. The van der Waals surface area contributed by atoms with Crippen molar-refractivity contribution in [1.29, 1.82) is 0 Å². The molecule has 0 saturated carbocycles. The van der Waals surface area contributed by atoms with Gasteiger partial charge in [-0.05, 0) is 35.0 Å². The van der Waals surface area contributed by atoms with Crippen molar-refractivity contribution >= 4 is 21.9 Å². The van der Waals surface area contributed by atoms with Gasteiger partial charge in [-0.3, -0.25) is 0 Å². The number of nitrogens with one attached hydrogen (secondary N) is 1. The Morgan fingerprint density at radius 3 is 2.84 bits per heavy atom. The number of benzene rings is 1. The van der Waals surface area contributed by atoms with E-state index in [1.54, 1.807) is 13.2 Å². The lowest BCUT2D eigenvalue weighted by Gasteiger charge is -2.09. The first-order chi connectivity index (χ1) is 9.22. The van der Waals surface area contributed by atoms with Crippen molar-refractivity contribution < 1.29 is 9.47 Å². The Bertz CT molecular complexity index is 563. The molecule has 0 bridgehead atoms. The number of ether oxygens (including phenoxy) is 2. The molecular weight excluding hydrogens is 310 g/mol. The van der Waals surface area contributed by atoms with Crippen LogP contribution in [-0.4, -0.2) is 23.6 Å². The Morgan fingerprint density at radius 1 is 1.32 bits per heavy atom. The maximum absolute atomic E-state index is 5.72. The first kappa shape index (κ1) is 13.6.